The summed E-state index contributed by atoms with van der Waals surface area (Å²) in [5, 5.41) is 7.27. The Bertz CT molecular complexity index is 2700. The third kappa shape index (κ3) is 5.63. The first-order valence-electron chi connectivity index (χ1n) is 20.2. The summed E-state index contributed by atoms with van der Waals surface area (Å²) in [6.07, 6.45) is 3.91. The molecular weight excluding hydrogens is 681 g/mol. The van der Waals surface area contributed by atoms with Gasteiger partial charge in [0.25, 0.3) is 0 Å². The summed E-state index contributed by atoms with van der Waals surface area (Å²) in [7, 11) is 0. The molecule has 0 N–H and O–H groups in total. The third-order valence-electron chi connectivity index (χ3n) is 12.1. The van der Waals surface area contributed by atoms with Crippen LogP contribution >= 0.6 is 0 Å². The largest absolute Gasteiger partial charge is 0.309 e. The van der Waals surface area contributed by atoms with Gasteiger partial charge in [-0.25, -0.2) is 0 Å². The van der Waals surface area contributed by atoms with Crippen LogP contribution < -0.4 is 0 Å². The molecule has 9 aromatic rings. The van der Waals surface area contributed by atoms with Crippen molar-refractivity contribution in [2.24, 2.45) is 0 Å². The van der Waals surface area contributed by atoms with Crippen LogP contribution in [0.25, 0.3) is 76.8 Å². The quantitative estimate of drug-likeness (QED) is 0.166. The predicted octanol–water partition coefficient (Wildman–Crippen LogP) is 14.2. The van der Waals surface area contributed by atoms with Crippen LogP contribution in [0.3, 0.4) is 0 Å². The maximum atomic E-state index is 5.07. The molecule has 0 radical (unpaired) electrons. The second-order valence-electron chi connectivity index (χ2n) is 20.1. The molecule has 0 aliphatic heterocycles. The summed E-state index contributed by atoms with van der Waals surface area (Å²) in [6.45, 7) is 27.5. The summed E-state index contributed by atoms with van der Waals surface area (Å²) in [6, 6.07) is 37.0. The van der Waals surface area contributed by atoms with E-state index in [1.54, 1.807) is 0 Å². The van der Waals surface area contributed by atoms with Crippen LogP contribution in [-0.2, 0) is 21.7 Å². The lowest BCUT2D eigenvalue weighted by atomic mass is 9.85. The van der Waals surface area contributed by atoms with Gasteiger partial charge in [-0.2, -0.15) is 0 Å². The fourth-order valence-corrected chi connectivity index (χ4v) is 8.62. The van der Waals surface area contributed by atoms with Gasteiger partial charge in [-0.15, -0.1) is 0 Å². The second kappa shape index (κ2) is 12.0. The van der Waals surface area contributed by atoms with Crippen molar-refractivity contribution in [3.8, 4) is 11.4 Å². The van der Waals surface area contributed by atoms with Gasteiger partial charge in [-0.1, -0.05) is 107 Å². The van der Waals surface area contributed by atoms with Crippen molar-refractivity contribution in [1.29, 1.82) is 0 Å². The number of pyridine rings is 2. The second-order valence-corrected chi connectivity index (χ2v) is 20.1. The Hall–Kier alpha value is -5.48. The highest BCUT2D eigenvalue weighted by atomic mass is 15.0. The van der Waals surface area contributed by atoms with Crippen LogP contribution in [0.15, 0.2) is 109 Å². The van der Waals surface area contributed by atoms with E-state index in [-0.39, 0.29) is 21.7 Å². The van der Waals surface area contributed by atoms with Gasteiger partial charge in [0.05, 0.1) is 44.5 Å². The SMILES string of the molecule is CC(C)(C)c1ccc2c(c1)c1cc(C(C)(C)C)ccc1n2-c1ccnc2c1ccc1c(-n3c4ccc(C(C)(C)C)cc4c4cc(C(C)(C)C)ccc43)ccnc12. The van der Waals surface area contributed by atoms with E-state index in [1.165, 1.54) is 65.9 Å². The van der Waals surface area contributed by atoms with Gasteiger partial charge >= 0.3 is 0 Å². The van der Waals surface area contributed by atoms with Crippen LogP contribution in [-0.4, -0.2) is 19.1 Å². The third-order valence-corrected chi connectivity index (χ3v) is 12.1. The molecule has 4 nitrogen and oxygen atoms in total. The maximum absolute atomic E-state index is 5.07. The molecule has 5 aromatic carbocycles. The Morgan fingerprint density at radius 3 is 0.839 bits per heavy atom. The molecule has 282 valence electrons. The zero-order chi connectivity index (χ0) is 39.7. The van der Waals surface area contributed by atoms with Crippen LogP contribution in [0.4, 0.5) is 0 Å². The maximum Gasteiger partial charge on any atom is 0.0986 e. The van der Waals surface area contributed by atoms with E-state index in [2.05, 4.69) is 189 Å². The number of hydrogen-bond donors (Lipinski definition) is 0. The fraction of sp³-hybridized carbons (Fsp3) is 0.308. The lowest BCUT2D eigenvalue weighted by Gasteiger charge is -2.19. The van der Waals surface area contributed by atoms with Crippen molar-refractivity contribution in [1.82, 2.24) is 19.1 Å². The van der Waals surface area contributed by atoms with Gasteiger partial charge in [0.2, 0.25) is 0 Å². The molecule has 0 unspecified atom stereocenters. The molecule has 0 amide bonds. The summed E-state index contributed by atoms with van der Waals surface area (Å²) in [5.41, 5.74) is 14.3. The minimum absolute atomic E-state index is 0.0377. The first-order valence-corrected chi connectivity index (χ1v) is 20.2. The molecule has 0 fully saturated rings. The molecule has 0 atom stereocenters. The Labute approximate surface area is 331 Å². The van der Waals surface area contributed by atoms with Crippen molar-refractivity contribution < 1.29 is 0 Å². The molecule has 4 heteroatoms. The van der Waals surface area contributed by atoms with Crippen LogP contribution in [0.5, 0.6) is 0 Å². The molecule has 4 aromatic heterocycles. The Kier molecular flexibility index (Phi) is 7.76. The summed E-state index contributed by atoms with van der Waals surface area (Å²) in [4.78, 5) is 10.1. The normalized spacial score (nSPS) is 13.4. The van der Waals surface area contributed by atoms with Gasteiger partial charge < -0.3 is 9.13 Å². The van der Waals surface area contributed by atoms with Gasteiger partial charge in [0, 0.05) is 44.7 Å². The minimum atomic E-state index is 0.0377. The molecule has 56 heavy (non-hydrogen) atoms. The van der Waals surface area contributed by atoms with Crippen molar-refractivity contribution in [3.05, 3.63) is 132 Å². The molecule has 0 aliphatic rings. The molecule has 4 heterocycles. The Balaban J connectivity index is 1.31. The molecule has 0 aliphatic carbocycles. The van der Waals surface area contributed by atoms with E-state index in [0.717, 1.165) is 33.2 Å². The number of fused-ring (bicyclic) bond motifs is 9. The highest BCUT2D eigenvalue weighted by Crippen LogP contribution is 2.42. The average Bonchev–Trinajstić information content (AvgIpc) is 3.64. The number of nitrogens with zero attached hydrogens (tertiary/aromatic N) is 4. The lowest BCUT2D eigenvalue weighted by Crippen LogP contribution is -2.10. The van der Waals surface area contributed by atoms with Gasteiger partial charge in [0.15, 0.2) is 0 Å². The van der Waals surface area contributed by atoms with Gasteiger partial charge in [0.1, 0.15) is 0 Å². The first-order chi connectivity index (χ1) is 26.3. The predicted molar refractivity (Wildman–Crippen MR) is 241 cm³/mol. The first kappa shape index (κ1) is 36.2. The van der Waals surface area contributed by atoms with E-state index < -0.39 is 0 Å². The molecular formula is C52H54N4. The summed E-state index contributed by atoms with van der Waals surface area (Å²) in [5.74, 6) is 0. The van der Waals surface area contributed by atoms with Gasteiger partial charge in [-0.05, 0) is 117 Å². The highest BCUT2D eigenvalue weighted by molar-refractivity contribution is 6.15. The van der Waals surface area contributed by atoms with Crippen molar-refractivity contribution in [2.75, 3.05) is 0 Å². The zero-order valence-electron chi connectivity index (χ0n) is 35.2. The van der Waals surface area contributed by atoms with E-state index in [0.29, 0.717) is 0 Å². The average molecular weight is 735 g/mol. The minimum Gasteiger partial charge on any atom is -0.309 e. The van der Waals surface area contributed by atoms with Crippen molar-refractivity contribution in [3.63, 3.8) is 0 Å². The number of rotatable bonds is 2. The Morgan fingerprint density at radius 1 is 0.321 bits per heavy atom. The van der Waals surface area contributed by atoms with Crippen molar-refractivity contribution >= 4 is 65.4 Å². The number of aromatic nitrogens is 4. The summed E-state index contributed by atoms with van der Waals surface area (Å²) >= 11 is 0. The topological polar surface area (TPSA) is 35.6 Å². The molecule has 0 saturated carbocycles. The Morgan fingerprint density at radius 2 is 0.589 bits per heavy atom. The monoisotopic (exact) mass is 734 g/mol. The standard InChI is InChI=1S/C52H54N4/c1-49(2,3)31-13-19-41-37(27-31)38-28-32(50(4,5)6)14-20-42(38)55(41)45-23-25-53-47-35(45)17-18-36-46(24-26-54-48(36)47)56-43-21-15-33(51(7,8)9)29-39(43)40-30-34(52(10,11)12)16-22-44(40)56/h13-30H,1-12H3. The number of benzene rings is 5. The van der Waals surface area contributed by atoms with E-state index in [4.69, 9.17) is 9.97 Å². The smallest absolute Gasteiger partial charge is 0.0986 e. The molecule has 0 spiro atoms. The molecule has 9 rings (SSSR count). The summed E-state index contributed by atoms with van der Waals surface area (Å²) < 4.78 is 4.88. The number of hydrogen-bond acceptors (Lipinski definition) is 2. The van der Waals surface area contributed by atoms with Crippen molar-refractivity contribution in [2.45, 2.75) is 105 Å². The molecule has 0 saturated heterocycles. The van der Waals surface area contributed by atoms with Crippen LogP contribution in [0.1, 0.15) is 105 Å². The lowest BCUT2D eigenvalue weighted by molar-refractivity contribution is 0.590. The van der Waals surface area contributed by atoms with E-state index >= 15 is 0 Å². The van der Waals surface area contributed by atoms with E-state index in [1.807, 2.05) is 12.4 Å². The zero-order valence-corrected chi connectivity index (χ0v) is 35.2. The fourth-order valence-electron chi connectivity index (χ4n) is 8.62. The van der Waals surface area contributed by atoms with Gasteiger partial charge in [-0.3, -0.25) is 9.97 Å². The van der Waals surface area contributed by atoms with Crippen LogP contribution in [0.2, 0.25) is 0 Å². The van der Waals surface area contributed by atoms with E-state index in [9.17, 15) is 0 Å². The molecule has 0 bridgehead atoms. The van der Waals surface area contributed by atoms with Crippen LogP contribution in [0, 0.1) is 0 Å². The highest BCUT2D eigenvalue weighted by Gasteiger charge is 2.24.